The molecule has 0 aliphatic heterocycles. The van der Waals surface area contributed by atoms with Crippen molar-refractivity contribution in [3.8, 4) is 16.9 Å². The fourth-order valence-corrected chi connectivity index (χ4v) is 5.00. The molecule has 0 heterocycles. The topological polar surface area (TPSA) is 63.2 Å². The van der Waals surface area contributed by atoms with Crippen LogP contribution in [0.2, 0.25) is 0 Å². The number of fused-ring (bicyclic) bond motifs is 3. The van der Waals surface area contributed by atoms with E-state index in [4.69, 9.17) is 23.7 Å². The molecule has 222 valence electrons. The summed E-state index contributed by atoms with van der Waals surface area (Å²) in [5.74, 6) is 0.0678. The van der Waals surface area contributed by atoms with Crippen LogP contribution in [0, 0.1) is 6.92 Å². The summed E-state index contributed by atoms with van der Waals surface area (Å²) in [5.41, 5.74) is 8.95. The number of carbonyl (C=O) groups excluding carboxylic acids is 1. The van der Waals surface area contributed by atoms with Crippen LogP contribution in [-0.2, 0) is 24.4 Å². The Morgan fingerprint density at radius 2 is 1.37 bits per heavy atom. The average Bonchev–Trinajstić information content (AvgIpc) is 3.29. The van der Waals surface area contributed by atoms with Gasteiger partial charge in [-0.25, -0.2) is 4.79 Å². The van der Waals surface area contributed by atoms with Gasteiger partial charge in [0.05, 0.1) is 40.1 Å². The molecule has 0 amide bonds. The zero-order valence-electron chi connectivity index (χ0n) is 26.0. The third-order valence-electron chi connectivity index (χ3n) is 7.07. The first-order chi connectivity index (χ1) is 19.7. The van der Waals surface area contributed by atoms with Crippen molar-refractivity contribution in [2.45, 2.75) is 52.9 Å². The molecule has 0 fully saturated rings. The molecule has 0 bridgehead atoms. The number of methoxy groups -OCH3 is 2. The molecular weight excluding hydrogens is 516 g/mol. The molecule has 0 saturated carbocycles. The van der Waals surface area contributed by atoms with Gasteiger partial charge in [-0.05, 0) is 57.9 Å². The molecule has 3 aromatic carbocycles. The molecular formula is C35H46O6. The van der Waals surface area contributed by atoms with Crippen molar-refractivity contribution in [2.75, 3.05) is 53.9 Å². The first kappa shape index (κ1) is 32.3. The minimum atomic E-state index is -0.426. The molecule has 3 aromatic rings. The Morgan fingerprint density at radius 1 is 0.756 bits per heavy atom. The van der Waals surface area contributed by atoms with E-state index in [1.54, 1.807) is 7.11 Å². The van der Waals surface area contributed by atoms with E-state index in [0.29, 0.717) is 51.0 Å². The molecule has 0 N–H and O–H groups in total. The number of carbonyl (C=O) groups is 1. The number of esters is 1. The van der Waals surface area contributed by atoms with E-state index < -0.39 is 5.97 Å². The van der Waals surface area contributed by atoms with Gasteiger partial charge in [0.25, 0.3) is 0 Å². The summed E-state index contributed by atoms with van der Waals surface area (Å²) in [5, 5.41) is 0. The van der Waals surface area contributed by atoms with E-state index in [1.807, 2.05) is 26.0 Å². The second-order valence-electron chi connectivity index (χ2n) is 10.9. The summed E-state index contributed by atoms with van der Waals surface area (Å²) >= 11 is 0. The molecule has 4 rings (SSSR count). The average molecular weight is 563 g/mol. The van der Waals surface area contributed by atoms with Crippen molar-refractivity contribution in [3.05, 3.63) is 88.0 Å². The fourth-order valence-electron chi connectivity index (χ4n) is 5.00. The minimum absolute atomic E-state index is 0.0103. The van der Waals surface area contributed by atoms with Crippen molar-refractivity contribution in [2.24, 2.45) is 0 Å². The van der Waals surface area contributed by atoms with E-state index in [2.05, 4.69) is 70.2 Å². The van der Waals surface area contributed by atoms with Gasteiger partial charge >= 0.3 is 5.97 Å². The van der Waals surface area contributed by atoms with Gasteiger partial charge in [-0.1, -0.05) is 82.6 Å². The van der Waals surface area contributed by atoms with E-state index in [-0.39, 0.29) is 11.3 Å². The zero-order chi connectivity index (χ0) is 30.0. The summed E-state index contributed by atoms with van der Waals surface area (Å²) in [6.45, 7) is 15.6. The van der Waals surface area contributed by atoms with Crippen molar-refractivity contribution in [1.29, 1.82) is 0 Å². The predicted molar refractivity (Wildman–Crippen MR) is 164 cm³/mol. The van der Waals surface area contributed by atoms with Gasteiger partial charge < -0.3 is 23.7 Å². The van der Waals surface area contributed by atoms with Crippen LogP contribution in [0.3, 0.4) is 0 Å². The predicted octanol–water partition coefficient (Wildman–Crippen LogP) is 7.32. The quantitative estimate of drug-likeness (QED) is 0.133. The number of hydrogen-bond acceptors (Lipinski definition) is 6. The number of benzene rings is 3. The van der Waals surface area contributed by atoms with Gasteiger partial charge in [0.2, 0.25) is 0 Å². The van der Waals surface area contributed by atoms with Crippen LogP contribution in [0.5, 0.6) is 5.75 Å². The highest BCUT2D eigenvalue weighted by molar-refractivity contribution is 5.93. The Kier molecular flexibility index (Phi) is 11.9. The SMILES string of the molecule is CC.COCCOCCOCCOc1ccc(C2c3cc(C)ccc3-c3ccc(C(C)(C)C)cc32)cc1C(=O)OC. The minimum Gasteiger partial charge on any atom is -0.490 e. The maximum atomic E-state index is 12.8. The lowest BCUT2D eigenvalue weighted by Crippen LogP contribution is -2.14. The number of aryl methyl sites for hydroxylation is 1. The second-order valence-corrected chi connectivity index (χ2v) is 10.9. The number of rotatable bonds is 12. The van der Waals surface area contributed by atoms with Gasteiger partial charge in [0, 0.05) is 13.0 Å². The van der Waals surface area contributed by atoms with Crippen molar-refractivity contribution in [1.82, 2.24) is 0 Å². The van der Waals surface area contributed by atoms with Gasteiger partial charge in [0.15, 0.2) is 0 Å². The van der Waals surface area contributed by atoms with E-state index in [9.17, 15) is 4.79 Å². The fraction of sp³-hybridized carbons (Fsp3) is 0.457. The molecule has 1 atom stereocenters. The van der Waals surface area contributed by atoms with E-state index >= 15 is 0 Å². The lowest BCUT2D eigenvalue weighted by Gasteiger charge is -2.22. The Bertz CT molecular complexity index is 1290. The first-order valence-corrected chi connectivity index (χ1v) is 14.5. The summed E-state index contributed by atoms with van der Waals surface area (Å²) in [7, 11) is 3.03. The highest BCUT2D eigenvalue weighted by Gasteiger charge is 2.32. The number of ether oxygens (including phenoxy) is 5. The van der Waals surface area contributed by atoms with Crippen molar-refractivity contribution >= 4 is 5.97 Å². The second kappa shape index (κ2) is 15.2. The molecule has 1 unspecified atom stereocenters. The summed E-state index contributed by atoms with van der Waals surface area (Å²) < 4.78 is 27.0. The molecule has 1 aliphatic rings. The van der Waals surface area contributed by atoms with Crippen LogP contribution in [0.25, 0.3) is 11.1 Å². The third-order valence-corrected chi connectivity index (χ3v) is 7.07. The number of hydrogen-bond donors (Lipinski definition) is 0. The monoisotopic (exact) mass is 562 g/mol. The summed E-state index contributed by atoms with van der Waals surface area (Å²) in [4.78, 5) is 12.8. The Morgan fingerprint density at radius 3 is 2.00 bits per heavy atom. The summed E-state index contributed by atoms with van der Waals surface area (Å²) in [6, 6.07) is 19.3. The lowest BCUT2D eigenvalue weighted by molar-refractivity contribution is 0.0178. The van der Waals surface area contributed by atoms with Crippen molar-refractivity contribution < 1.29 is 28.5 Å². The highest BCUT2D eigenvalue weighted by atomic mass is 16.6. The van der Waals surface area contributed by atoms with E-state index in [0.717, 1.165) is 5.56 Å². The third kappa shape index (κ3) is 7.97. The maximum Gasteiger partial charge on any atom is 0.341 e. The Labute approximate surface area is 245 Å². The maximum absolute atomic E-state index is 12.8. The Hall–Kier alpha value is -3.19. The molecule has 1 aliphatic carbocycles. The van der Waals surface area contributed by atoms with Crippen LogP contribution in [0.15, 0.2) is 54.6 Å². The molecule has 0 spiro atoms. The van der Waals surface area contributed by atoms with Crippen LogP contribution in [0.4, 0.5) is 0 Å². The molecule has 0 saturated heterocycles. The first-order valence-electron chi connectivity index (χ1n) is 14.5. The molecule has 41 heavy (non-hydrogen) atoms. The van der Waals surface area contributed by atoms with Crippen LogP contribution in [0.1, 0.15) is 78.7 Å². The normalized spacial score (nSPS) is 13.6. The molecule has 6 heteroatoms. The highest BCUT2D eigenvalue weighted by Crippen LogP contribution is 2.49. The van der Waals surface area contributed by atoms with Crippen LogP contribution < -0.4 is 4.74 Å². The molecule has 0 aromatic heterocycles. The van der Waals surface area contributed by atoms with Gasteiger partial charge in [-0.15, -0.1) is 0 Å². The smallest absolute Gasteiger partial charge is 0.341 e. The van der Waals surface area contributed by atoms with Crippen molar-refractivity contribution in [3.63, 3.8) is 0 Å². The van der Waals surface area contributed by atoms with Crippen LogP contribution in [-0.4, -0.2) is 59.8 Å². The largest absolute Gasteiger partial charge is 0.490 e. The van der Waals surface area contributed by atoms with Gasteiger partial charge in [0.1, 0.15) is 17.9 Å². The standard InChI is InChI=1S/C33H40O6.C2H6/c1-22-7-10-25-26-11-9-24(33(2,3)4)21-28(26)31(27(25)19-22)23-8-12-30(29(20-23)32(34)36-6)39-18-17-38-16-15-37-14-13-35-5;1-2/h7-12,19-21,31H,13-18H2,1-6H3;1-2H3. The lowest BCUT2D eigenvalue weighted by atomic mass is 9.82. The zero-order valence-corrected chi connectivity index (χ0v) is 26.0. The van der Waals surface area contributed by atoms with Gasteiger partial charge in [-0.3, -0.25) is 0 Å². The summed E-state index contributed by atoms with van der Waals surface area (Å²) in [6.07, 6.45) is 0. The van der Waals surface area contributed by atoms with Crippen LogP contribution >= 0.6 is 0 Å². The Balaban J connectivity index is 0.00000226. The van der Waals surface area contributed by atoms with Gasteiger partial charge in [-0.2, -0.15) is 0 Å². The molecule has 0 radical (unpaired) electrons. The van der Waals surface area contributed by atoms with E-state index in [1.165, 1.54) is 40.5 Å². The molecule has 6 nitrogen and oxygen atoms in total.